The molecule has 3 nitrogen and oxygen atoms in total. The second-order valence-electron chi connectivity index (χ2n) is 6.14. The number of halogens is 4. The van der Waals surface area contributed by atoms with Crippen LogP contribution in [0.4, 0.5) is 13.2 Å². The number of nitrogens with one attached hydrogen (secondary N) is 1. The van der Waals surface area contributed by atoms with E-state index in [9.17, 15) is 13.2 Å². The molecular formula is C17H26ClF3N2O. The first-order chi connectivity index (χ1) is 10.8. The lowest BCUT2D eigenvalue weighted by molar-refractivity contribution is -0.138. The van der Waals surface area contributed by atoms with Crippen LogP contribution in [0.25, 0.3) is 0 Å². The van der Waals surface area contributed by atoms with Crippen LogP contribution in [0, 0.1) is 13.8 Å². The van der Waals surface area contributed by atoms with Crippen molar-refractivity contribution in [2.45, 2.75) is 38.9 Å². The standard InChI is InChI=1S/C17H25F3N2O.ClH/c1-12-10-14(11-13(2)16(12)23-3)15(4-5-17(18,19)20)22-8-6-21-7-9-22;/h10-11,15,21H,4-9H2,1-3H3;1H/t15-;/m0./s1. The van der Waals surface area contributed by atoms with Gasteiger partial charge >= 0.3 is 6.18 Å². The number of hydrogen-bond donors (Lipinski definition) is 1. The van der Waals surface area contributed by atoms with E-state index in [0.717, 1.165) is 48.6 Å². The van der Waals surface area contributed by atoms with Crippen molar-refractivity contribution in [2.24, 2.45) is 0 Å². The predicted octanol–water partition coefficient (Wildman–Crippen LogP) is 4.02. The van der Waals surface area contributed by atoms with E-state index in [2.05, 4.69) is 10.2 Å². The molecule has 1 fully saturated rings. The number of aryl methyl sites for hydroxylation is 2. The second-order valence-corrected chi connectivity index (χ2v) is 6.14. The predicted molar refractivity (Wildman–Crippen MR) is 92.2 cm³/mol. The number of benzene rings is 1. The maximum Gasteiger partial charge on any atom is 0.389 e. The fourth-order valence-electron chi connectivity index (χ4n) is 3.35. The SMILES string of the molecule is COc1c(C)cc([C@H](CCC(F)(F)F)N2CCNCC2)cc1C.Cl. The minimum absolute atomic E-state index is 0. The van der Waals surface area contributed by atoms with Crippen molar-refractivity contribution in [1.82, 2.24) is 10.2 Å². The Labute approximate surface area is 148 Å². The Morgan fingerprint density at radius 2 is 1.71 bits per heavy atom. The van der Waals surface area contributed by atoms with Gasteiger partial charge in [-0.15, -0.1) is 12.4 Å². The zero-order valence-electron chi connectivity index (χ0n) is 14.4. The molecule has 24 heavy (non-hydrogen) atoms. The summed E-state index contributed by atoms with van der Waals surface area (Å²) in [6.45, 7) is 7.05. The van der Waals surface area contributed by atoms with Gasteiger partial charge in [0.2, 0.25) is 0 Å². The van der Waals surface area contributed by atoms with Crippen molar-refractivity contribution in [3.05, 3.63) is 28.8 Å². The number of alkyl halides is 3. The Bertz CT molecular complexity index is 508. The van der Waals surface area contributed by atoms with Crippen LogP contribution in [0.5, 0.6) is 5.75 Å². The summed E-state index contributed by atoms with van der Waals surface area (Å²) in [5.74, 6) is 0.809. The van der Waals surface area contributed by atoms with Crippen LogP contribution < -0.4 is 10.1 Å². The first-order valence-corrected chi connectivity index (χ1v) is 7.98. The molecule has 1 aromatic carbocycles. The van der Waals surface area contributed by atoms with E-state index in [1.165, 1.54) is 0 Å². The normalized spacial score (nSPS) is 17.2. The number of nitrogens with zero attached hydrogens (tertiary/aromatic N) is 1. The molecule has 1 N–H and O–H groups in total. The van der Waals surface area contributed by atoms with Gasteiger partial charge in [0.1, 0.15) is 5.75 Å². The lowest BCUT2D eigenvalue weighted by Gasteiger charge is -2.36. The zero-order chi connectivity index (χ0) is 17.0. The van der Waals surface area contributed by atoms with Crippen molar-refractivity contribution in [3.63, 3.8) is 0 Å². The third kappa shape index (κ3) is 5.53. The summed E-state index contributed by atoms with van der Waals surface area (Å²) >= 11 is 0. The van der Waals surface area contributed by atoms with E-state index in [0.29, 0.717) is 0 Å². The van der Waals surface area contributed by atoms with Crippen LogP contribution in [0.2, 0.25) is 0 Å². The van der Waals surface area contributed by atoms with Gasteiger partial charge in [0.15, 0.2) is 0 Å². The molecular weight excluding hydrogens is 341 g/mol. The Morgan fingerprint density at radius 3 is 2.17 bits per heavy atom. The van der Waals surface area contributed by atoms with E-state index in [1.54, 1.807) is 7.11 Å². The molecule has 1 aliphatic rings. The second kappa shape index (κ2) is 8.92. The smallest absolute Gasteiger partial charge is 0.389 e. The van der Waals surface area contributed by atoms with Gasteiger partial charge < -0.3 is 10.1 Å². The fourth-order valence-corrected chi connectivity index (χ4v) is 3.35. The van der Waals surface area contributed by atoms with E-state index in [1.807, 2.05) is 26.0 Å². The molecule has 2 rings (SSSR count). The van der Waals surface area contributed by atoms with Crippen molar-refractivity contribution in [3.8, 4) is 5.75 Å². The summed E-state index contributed by atoms with van der Waals surface area (Å²) in [5, 5.41) is 3.25. The van der Waals surface area contributed by atoms with Crippen molar-refractivity contribution in [2.75, 3.05) is 33.3 Å². The first kappa shape index (κ1) is 21.1. The summed E-state index contributed by atoms with van der Waals surface area (Å²) in [4.78, 5) is 2.16. The highest BCUT2D eigenvalue weighted by Gasteiger charge is 2.31. The van der Waals surface area contributed by atoms with Gasteiger partial charge in [0, 0.05) is 38.6 Å². The summed E-state index contributed by atoms with van der Waals surface area (Å²) < 4.78 is 43.5. The Balaban J connectivity index is 0.00000288. The number of ether oxygens (including phenoxy) is 1. The molecule has 0 saturated carbocycles. The Kier molecular flexibility index (Phi) is 7.83. The Hall–Kier alpha value is -0.980. The third-order valence-electron chi connectivity index (χ3n) is 4.37. The summed E-state index contributed by atoms with van der Waals surface area (Å²) in [6.07, 6.45) is -4.79. The monoisotopic (exact) mass is 366 g/mol. The minimum atomic E-state index is -4.12. The number of hydrogen-bond acceptors (Lipinski definition) is 3. The number of rotatable bonds is 5. The molecule has 1 aliphatic heterocycles. The average molecular weight is 367 g/mol. The molecule has 0 spiro atoms. The lowest BCUT2D eigenvalue weighted by Crippen LogP contribution is -2.45. The molecule has 138 valence electrons. The van der Waals surface area contributed by atoms with E-state index in [-0.39, 0.29) is 24.9 Å². The van der Waals surface area contributed by atoms with Crippen LogP contribution in [-0.4, -0.2) is 44.4 Å². The third-order valence-corrected chi connectivity index (χ3v) is 4.37. The molecule has 0 amide bonds. The largest absolute Gasteiger partial charge is 0.496 e. The van der Waals surface area contributed by atoms with Gasteiger partial charge in [0.05, 0.1) is 7.11 Å². The molecule has 0 unspecified atom stereocenters. The molecule has 0 aliphatic carbocycles. The summed E-state index contributed by atoms with van der Waals surface area (Å²) in [6, 6.07) is 3.73. The minimum Gasteiger partial charge on any atom is -0.496 e. The summed E-state index contributed by atoms with van der Waals surface area (Å²) in [7, 11) is 1.62. The van der Waals surface area contributed by atoms with Crippen molar-refractivity contribution in [1.29, 1.82) is 0 Å². The average Bonchev–Trinajstić information content (AvgIpc) is 2.47. The molecule has 1 heterocycles. The van der Waals surface area contributed by atoms with Gasteiger partial charge in [0.25, 0.3) is 0 Å². The van der Waals surface area contributed by atoms with Crippen LogP contribution in [0.15, 0.2) is 12.1 Å². The molecule has 1 atom stereocenters. The van der Waals surface area contributed by atoms with Gasteiger partial charge in [-0.25, -0.2) is 0 Å². The maximum atomic E-state index is 12.7. The van der Waals surface area contributed by atoms with Crippen LogP contribution >= 0.6 is 12.4 Å². The topological polar surface area (TPSA) is 24.5 Å². The molecule has 1 saturated heterocycles. The number of methoxy groups -OCH3 is 1. The first-order valence-electron chi connectivity index (χ1n) is 7.98. The lowest BCUT2D eigenvalue weighted by atomic mass is 9.95. The van der Waals surface area contributed by atoms with E-state index in [4.69, 9.17) is 4.74 Å². The van der Waals surface area contributed by atoms with Gasteiger partial charge in [-0.3, -0.25) is 4.90 Å². The highest BCUT2D eigenvalue weighted by Crippen LogP contribution is 2.35. The molecule has 0 bridgehead atoms. The highest BCUT2D eigenvalue weighted by molar-refractivity contribution is 5.85. The van der Waals surface area contributed by atoms with Crippen molar-refractivity contribution < 1.29 is 17.9 Å². The Morgan fingerprint density at radius 1 is 1.17 bits per heavy atom. The van der Waals surface area contributed by atoms with Gasteiger partial charge in [-0.1, -0.05) is 12.1 Å². The van der Waals surface area contributed by atoms with E-state index < -0.39 is 12.6 Å². The summed E-state index contributed by atoms with van der Waals surface area (Å²) in [5.41, 5.74) is 2.89. The van der Waals surface area contributed by atoms with Crippen LogP contribution in [0.1, 0.15) is 35.6 Å². The quantitative estimate of drug-likeness (QED) is 0.851. The fraction of sp³-hybridized carbons (Fsp3) is 0.647. The molecule has 0 radical (unpaired) electrons. The van der Waals surface area contributed by atoms with E-state index >= 15 is 0 Å². The van der Waals surface area contributed by atoms with Crippen LogP contribution in [-0.2, 0) is 0 Å². The zero-order valence-corrected chi connectivity index (χ0v) is 15.2. The molecule has 7 heteroatoms. The maximum absolute atomic E-state index is 12.7. The van der Waals surface area contributed by atoms with Crippen molar-refractivity contribution >= 4 is 12.4 Å². The number of piperazine rings is 1. The molecule has 1 aromatic rings. The van der Waals surface area contributed by atoms with Gasteiger partial charge in [-0.05, 0) is 37.0 Å². The van der Waals surface area contributed by atoms with Gasteiger partial charge in [-0.2, -0.15) is 13.2 Å². The van der Waals surface area contributed by atoms with Crippen LogP contribution in [0.3, 0.4) is 0 Å². The highest BCUT2D eigenvalue weighted by atomic mass is 35.5. The molecule has 0 aromatic heterocycles.